The molecule has 0 saturated carbocycles. The van der Waals surface area contributed by atoms with Crippen LogP contribution < -0.4 is 15.0 Å². The number of methoxy groups -OCH3 is 1. The van der Waals surface area contributed by atoms with E-state index in [0.29, 0.717) is 12.5 Å². The van der Waals surface area contributed by atoms with Crippen LogP contribution in [0.3, 0.4) is 0 Å². The Kier molecular flexibility index (Phi) is 6.25. The van der Waals surface area contributed by atoms with Crippen molar-refractivity contribution < 1.29 is 22.6 Å². The van der Waals surface area contributed by atoms with Gasteiger partial charge in [0.2, 0.25) is 0 Å². The number of hydrogen-bond acceptors (Lipinski definition) is 5. The van der Waals surface area contributed by atoms with E-state index in [1.54, 1.807) is 20.2 Å². The maximum atomic E-state index is 14.8. The van der Waals surface area contributed by atoms with E-state index in [0.717, 1.165) is 60.1 Å². The average Bonchev–Trinajstić information content (AvgIpc) is 3.19. The largest absolute Gasteiger partial charge is 0.495 e. The van der Waals surface area contributed by atoms with E-state index in [4.69, 9.17) is 9.47 Å². The van der Waals surface area contributed by atoms with Crippen LogP contribution >= 0.6 is 0 Å². The minimum atomic E-state index is -2.86. The number of halogens is 3. The number of nitrogens with zero attached hydrogens (tertiary/aromatic N) is 2. The fourth-order valence-electron chi connectivity index (χ4n) is 5.14. The van der Waals surface area contributed by atoms with Crippen LogP contribution in [0.15, 0.2) is 42.6 Å². The van der Waals surface area contributed by atoms with Crippen LogP contribution in [0.2, 0.25) is 0 Å². The van der Waals surface area contributed by atoms with Crippen molar-refractivity contribution in [3.8, 4) is 5.75 Å². The highest BCUT2D eigenvalue weighted by atomic mass is 19.3. The second kappa shape index (κ2) is 9.33. The number of aromatic nitrogens is 1. The lowest BCUT2D eigenvalue weighted by Crippen LogP contribution is -2.43. The van der Waals surface area contributed by atoms with E-state index in [2.05, 4.69) is 21.3 Å². The molecule has 1 aromatic heterocycles. The third-order valence-electron chi connectivity index (χ3n) is 6.95. The Bertz CT molecular complexity index is 1190. The molecular formula is C26H28F3N3O2. The molecule has 180 valence electrons. The van der Waals surface area contributed by atoms with Crippen LogP contribution in [0.25, 0.3) is 10.9 Å². The molecule has 5 nitrogen and oxygen atoms in total. The highest BCUT2D eigenvalue weighted by Crippen LogP contribution is 2.40. The normalized spacial score (nSPS) is 21.1. The Hall–Kier alpha value is -3.00. The van der Waals surface area contributed by atoms with Gasteiger partial charge in [-0.05, 0) is 37.8 Å². The van der Waals surface area contributed by atoms with Gasteiger partial charge < -0.3 is 19.7 Å². The molecule has 2 aromatic carbocycles. The highest BCUT2D eigenvalue weighted by molar-refractivity contribution is 5.95. The lowest BCUT2D eigenvalue weighted by molar-refractivity contribution is 0.127. The van der Waals surface area contributed by atoms with Crippen LogP contribution in [0, 0.1) is 11.7 Å². The van der Waals surface area contributed by atoms with Gasteiger partial charge in [0.15, 0.2) is 0 Å². The molecule has 3 aromatic rings. The molecule has 3 aliphatic heterocycles. The molecule has 6 rings (SSSR count). The molecule has 3 saturated heterocycles. The van der Waals surface area contributed by atoms with Crippen LogP contribution in [0.5, 0.6) is 5.75 Å². The molecule has 2 unspecified atom stereocenters. The zero-order chi connectivity index (χ0) is 23.8. The molecular weight excluding hydrogens is 443 g/mol. The molecule has 3 fully saturated rings. The van der Waals surface area contributed by atoms with E-state index in [-0.39, 0.29) is 11.6 Å². The topological polar surface area (TPSA) is 46.6 Å². The Balaban J connectivity index is 1.53. The summed E-state index contributed by atoms with van der Waals surface area (Å²) in [6.07, 6.45) is 1.04. The molecule has 2 bridgehead atoms. The van der Waals surface area contributed by atoms with Gasteiger partial charge in [0.25, 0.3) is 6.43 Å². The van der Waals surface area contributed by atoms with Crippen LogP contribution in [-0.2, 0) is 4.74 Å². The zero-order valence-electron chi connectivity index (χ0n) is 19.2. The van der Waals surface area contributed by atoms with Gasteiger partial charge >= 0.3 is 0 Å². The number of piperidine rings is 1. The summed E-state index contributed by atoms with van der Waals surface area (Å²) in [7, 11) is 1.65. The molecule has 0 radical (unpaired) electrons. The Morgan fingerprint density at radius 3 is 2.76 bits per heavy atom. The smallest absolute Gasteiger partial charge is 0.266 e. The second-order valence-electron chi connectivity index (χ2n) is 9.10. The summed E-state index contributed by atoms with van der Waals surface area (Å²) in [6, 6.07) is 9.66. The van der Waals surface area contributed by atoms with Crippen molar-refractivity contribution >= 4 is 22.3 Å². The number of fused-ring (bicyclic) bond motifs is 5. The van der Waals surface area contributed by atoms with E-state index in [9.17, 15) is 13.2 Å². The molecule has 0 aliphatic carbocycles. The number of nitrogens with one attached hydrogen (secondary N) is 1. The number of hydrogen-bond donors (Lipinski definition) is 1. The molecule has 34 heavy (non-hydrogen) atoms. The molecule has 0 spiro atoms. The SMILES string of the molecule is COc1cc2nccc(N[C@H](C)c3cccc(C(F)F)c3F)c2cc1N1CC2CCC1COC2. The first kappa shape index (κ1) is 22.8. The average molecular weight is 472 g/mol. The Morgan fingerprint density at radius 1 is 1.15 bits per heavy atom. The maximum Gasteiger partial charge on any atom is 0.266 e. The van der Waals surface area contributed by atoms with Gasteiger partial charge in [-0.25, -0.2) is 13.2 Å². The molecule has 3 atom stereocenters. The summed E-state index contributed by atoms with van der Waals surface area (Å²) >= 11 is 0. The summed E-state index contributed by atoms with van der Waals surface area (Å²) in [5.41, 5.74) is 2.06. The van der Waals surface area contributed by atoms with Crippen LogP contribution in [0.1, 0.15) is 43.4 Å². The van der Waals surface area contributed by atoms with Gasteiger partial charge in [0, 0.05) is 35.4 Å². The third-order valence-corrected chi connectivity index (χ3v) is 6.95. The standard InChI is InChI=1S/C26H28F3N3O2/c1-15(18-4-3-5-19(25(18)27)26(28)29)31-21-8-9-30-22-11-24(33-2)23(10-20(21)22)32-12-16-6-7-17(32)14-34-13-16/h3-5,8-11,15-17,26H,6-7,12-14H2,1-2H3,(H,30,31)/t15-,16?,17?/m1/s1. The van der Waals surface area contributed by atoms with Crippen molar-refractivity contribution in [1.82, 2.24) is 4.98 Å². The Morgan fingerprint density at radius 2 is 1.97 bits per heavy atom. The highest BCUT2D eigenvalue weighted by Gasteiger charge is 2.33. The Labute approximate surface area is 196 Å². The number of rotatable bonds is 6. The second-order valence-corrected chi connectivity index (χ2v) is 9.10. The summed E-state index contributed by atoms with van der Waals surface area (Å²) < 4.78 is 52.7. The molecule has 8 heteroatoms. The van der Waals surface area contributed by atoms with Crippen molar-refractivity contribution in [2.24, 2.45) is 5.92 Å². The van der Waals surface area contributed by atoms with Gasteiger partial charge in [-0.3, -0.25) is 4.98 Å². The predicted octanol–water partition coefficient (Wildman–Crippen LogP) is 6.11. The maximum absolute atomic E-state index is 14.8. The first-order valence-corrected chi connectivity index (χ1v) is 11.6. The monoisotopic (exact) mass is 471 g/mol. The van der Waals surface area contributed by atoms with E-state index in [1.165, 1.54) is 12.1 Å². The molecule has 0 amide bonds. The van der Waals surface area contributed by atoms with Crippen molar-refractivity contribution in [3.63, 3.8) is 0 Å². The van der Waals surface area contributed by atoms with Gasteiger partial charge in [-0.15, -0.1) is 0 Å². The number of benzene rings is 2. The van der Waals surface area contributed by atoms with Crippen molar-refractivity contribution in [2.45, 2.75) is 38.3 Å². The van der Waals surface area contributed by atoms with E-state index < -0.39 is 23.8 Å². The third kappa shape index (κ3) is 4.15. The molecule has 3 aliphatic rings. The molecule has 4 heterocycles. The lowest BCUT2D eigenvalue weighted by atomic mass is 9.94. The van der Waals surface area contributed by atoms with Crippen molar-refractivity contribution in [1.29, 1.82) is 0 Å². The van der Waals surface area contributed by atoms with Gasteiger partial charge in [0.1, 0.15) is 11.6 Å². The molecule has 1 N–H and O–H groups in total. The fourth-order valence-corrected chi connectivity index (χ4v) is 5.14. The number of ether oxygens (including phenoxy) is 2. The first-order chi connectivity index (χ1) is 16.5. The van der Waals surface area contributed by atoms with Crippen LogP contribution in [0.4, 0.5) is 24.5 Å². The summed E-state index contributed by atoms with van der Waals surface area (Å²) in [6.45, 7) is 4.12. The van der Waals surface area contributed by atoms with Crippen LogP contribution in [-0.4, -0.2) is 37.9 Å². The zero-order valence-corrected chi connectivity index (χ0v) is 19.2. The first-order valence-electron chi connectivity index (χ1n) is 11.6. The number of anilines is 2. The van der Waals surface area contributed by atoms with Gasteiger partial charge in [0.05, 0.1) is 49.2 Å². The van der Waals surface area contributed by atoms with Crippen molar-refractivity contribution in [2.75, 3.05) is 37.1 Å². The predicted molar refractivity (Wildman–Crippen MR) is 126 cm³/mol. The van der Waals surface area contributed by atoms with E-state index in [1.807, 2.05) is 12.1 Å². The minimum absolute atomic E-state index is 0.193. The summed E-state index contributed by atoms with van der Waals surface area (Å²) in [4.78, 5) is 6.87. The summed E-state index contributed by atoms with van der Waals surface area (Å²) in [5.74, 6) is 0.350. The summed E-state index contributed by atoms with van der Waals surface area (Å²) in [5, 5.41) is 4.17. The van der Waals surface area contributed by atoms with E-state index >= 15 is 0 Å². The van der Waals surface area contributed by atoms with Gasteiger partial charge in [-0.1, -0.05) is 18.2 Å². The minimum Gasteiger partial charge on any atom is -0.495 e. The number of alkyl halides is 2. The number of pyridine rings is 1. The quantitative estimate of drug-likeness (QED) is 0.470. The lowest BCUT2D eigenvalue weighted by Gasteiger charge is -2.38. The van der Waals surface area contributed by atoms with Gasteiger partial charge in [-0.2, -0.15) is 0 Å². The van der Waals surface area contributed by atoms with Crippen molar-refractivity contribution in [3.05, 3.63) is 59.5 Å². The fraction of sp³-hybridized carbons (Fsp3) is 0.423.